The van der Waals surface area contributed by atoms with Crippen LogP contribution in [0.3, 0.4) is 0 Å². The zero-order valence-corrected chi connectivity index (χ0v) is 11.3. The first-order valence-corrected chi connectivity index (χ1v) is 6.28. The summed E-state index contributed by atoms with van der Waals surface area (Å²) >= 11 is 0. The molecule has 0 aromatic carbocycles. The Bertz CT molecular complexity index is 313. The van der Waals surface area contributed by atoms with E-state index in [-0.39, 0.29) is 11.9 Å². The van der Waals surface area contributed by atoms with Crippen LogP contribution in [0.15, 0.2) is 0 Å². The van der Waals surface area contributed by atoms with Crippen LogP contribution < -0.4 is 5.32 Å². The van der Waals surface area contributed by atoms with Gasteiger partial charge in [0.2, 0.25) is 5.91 Å². The number of carbonyl (C=O) groups excluding carboxylic acids is 1. The molecule has 1 aliphatic carbocycles. The molecule has 0 heterocycles. The van der Waals surface area contributed by atoms with Gasteiger partial charge in [-0.3, -0.25) is 4.79 Å². The van der Waals surface area contributed by atoms with Crippen molar-refractivity contribution in [3.05, 3.63) is 0 Å². The average Bonchev–Trinajstić information content (AvgIpc) is 2.14. The first kappa shape index (κ1) is 14.0. The molecule has 0 aromatic heterocycles. The van der Waals surface area contributed by atoms with Crippen molar-refractivity contribution in [2.45, 2.75) is 39.2 Å². The van der Waals surface area contributed by atoms with E-state index in [2.05, 4.69) is 30.1 Å². The van der Waals surface area contributed by atoms with E-state index in [9.17, 15) is 4.79 Å². The standard InChI is InChI=1S/C13H23N3O/c1-10(2)11(8-16(3)4)15-12(17)13(9-14)6-5-7-13/h10-11H,5-8H2,1-4H3,(H,15,17). The molecular weight excluding hydrogens is 214 g/mol. The van der Waals surface area contributed by atoms with Crippen LogP contribution in [-0.4, -0.2) is 37.5 Å². The maximum Gasteiger partial charge on any atom is 0.240 e. The zero-order chi connectivity index (χ0) is 13.1. The molecule has 0 bridgehead atoms. The lowest BCUT2D eigenvalue weighted by molar-refractivity contribution is -0.133. The first-order valence-electron chi connectivity index (χ1n) is 6.28. The molecule has 0 saturated heterocycles. The van der Waals surface area contributed by atoms with Crippen molar-refractivity contribution in [2.24, 2.45) is 11.3 Å². The van der Waals surface area contributed by atoms with Gasteiger partial charge in [-0.05, 0) is 39.3 Å². The fourth-order valence-corrected chi connectivity index (χ4v) is 2.04. The van der Waals surface area contributed by atoms with Gasteiger partial charge in [0.1, 0.15) is 5.41 Å². The number of nitrogens with zero attached hydrogens (tertiary/aromatic N) is 2. The van der Waals surface area contributed by atoms with Gasteiger partial charge in [0, 0.05) is 12.6 Å². The highest BCUT2D eigenvalue weighted by atomic mass is 16.2. The van der Waals surface area contributed by atoms with E-state index in [0.717, 1.165) is 13.0 Å². The molecule has 1 N–H and O–H groups in total. The maximum atomic E-state index is 12.1. The minimum atomic E-state index is -0.737. The SMILES string of the molecule is CC(C)C(CN(C)C)NC(=O)C1(C#N)CCC1. The summed E-state index contributed by atoms with van der Waals surface area (Å²) in [6, 6.07) is 2.30. The fraction of sp³-hybridized carbons (Fsp3) is 0.846. The van der Waals surface area contributed by atoms with E-state index in [1.54, 1.807) is 0 Å². The predicted octanol–water partition coefficient (Wildman–Crippen LogP) is 1.38. The molecule has 1 aliphatic rings. The molecule has 4 nitrogen and oxygen atoms in total. The van der Waals surface area contributed by atoms with Crippen LogP contribution in [0.4, 0.5) is 0 Å². The minimum absolute atomic E-state index is 0.0770. The minimum Gasteiger partial charge on any atom is -0.350 e. The lowest BCUT2D eigenvalue weighted by Gasteiger charge is -2.36. The largest absolute Gasteiger partial charge is 0.350 e. The molecular formula is C13H23N3O. The number of hydrogen-bond acceptors (Lipinski definition) is 3. The number of hydrogen-bond donors (Lipinski definition) is 1. The number of likely N-dealkylation sites (N-methyl/N-ethyl adjacent to an activating group) is 1. The third-order valence-electron chi connectivity index (χ3n) is 3.54. The zero-order valence-electron chi connectivity index (χ0n) is 11.3. The predicted molar refractivity (Wildman–Crippen MR) is 67.2 cm³/mol. The third kappa shape index (κ3) is 3.19. The normalized spacial score (nSPS) is 19.6. The van der Waals surface area contributed by atoms with Gasteiger partial charge in [0.15, 0.2) is 0 Å². The van der Waals surface area contributed by atoms with E-state index in [1.807, 2.05) is 14.1 Å². The molecule has 0 aliphatic heterocycles. The van der Waals surface area contributed by atoms with Gasteiger partial charge in [0.25, 0.3) is 0 Å². The second-order valence-electron chi connectivity index (χ2n) is 5.63. The molecule has 1 amide bonds. The van der Waals surface area contributed by atoms with E-state index >= 15 is 0 Å². The number of nitrogens with one attached hydrogen (secondary N) is 1. The van der Waals surface area contributed by atoms with Crippen molar-refractivity contribution < 1.29 is 4.79 Å². The maximum absolute atomic E-state index is 12.1. The Balaban J connectivity index is 2.61. The monoisotopic (exact) mass is 237 g/mol. The van der Waals surface area contributed by atoms with Crippen LogP contribution >= 0.6 is 0 Å². The second-order valence-corrected chi connectivity index (χ2v) is 5.63. The Morgan fingerprint density at radius 3 is 2.35 bits per heavy atom. The third-order valence-corrected chi connectivity index (χ3v) is 3.54. The van der Waals surface area contributed by atoms with Crippen molar-refractivity contribution in [3.8, 4) is 6.07 Å². The molecule has 0 spiro atoms. The molecule has 1 rings (SSSR count). The van der Waals surface area contributed by atoms with Crippen LogP contribution in [0.2, 0.25) is 0 Å². The van der Waals surface area contributed by atoms with Crippen molar-refractivity contribution in [1.82, 2.24) is 10.2 Å². The van der Waals surface area contributed by atoms with Gasteiger partial charge in [-0.2, -0.15) is 5.26 Å². The summed E-state index contributed by atoms with van der Waals surface area (Å²) in [5, 5.41) is 12.2. The summed E-state index contributed by atoms with van der Waals surface area (Å²) in [5.74, 6) is 0.295. The molecule has 0 aromatic rings. The summed E-state index contributed by atoms with van der Waals surface area (Å²) < 4.78 is 0. The van der Waals surface area contributed by atoms with Gasteiger partial charge in [0.05, 0.1) is 6.07 Å². The van der Waals surface area contributed by atoms with Crippen LogP contribution in [0.25, 0.3) is 0 Å². The summed E-state index contributed by atoms with van der Waals surface area (Å²) in [7, 11) is 3.98. The Hall–Kier alpha value is -1.08. The summed E-state index contributed by atoms with van der Waals surface area (Å²) in [4.78, 5) is 14.2. The van der Waals surface area contributed by atoms with Gasteiger partial charge in [-0.25, -0.2) is 0 Å². The van der Waals surface area contributed by atoms with Crippen LogP contribution in [0.1, 0.15) is 33.1 Å². The Labute approximate surface area is 104 Å². The quantitative estimate of drug-likeness (QED) is 0.786. The number of carbonyl (C=O) groups is 1. The Morgan fingerprint density at radius 2 is 2.06 bits per heavy atom. The summed E-state index contributed by atoms with van der Waals surface area (Å²) in [5.41, 5.74) is -0.737. The van der Waals surface area contributed by atoms with E-state index in [0.29, 0.717) is 18.8 Å². The lowest BCUT2D eigenvalue weighted by Crippen LogP contribution is -2.52. The molecule has 96 valence electrons. The van der Waals surface area contributed by atoms with E-state index < -0.39 is 5.41 Å². The van der Waals surface area contributed by atoms with Gasteiger partial charge < -0.3 is 10.2 Å². The molecule has 1 atom stereocenters. The average molecular weight is 237 g/mol. The van der Waals surface area contributed by atoms with Crippen LogP contribution in [0.5, 0.6) is 0 Å². The highest BCUT2D eigenvalue weighted by Gasteiger charge is 2.45. The highest BCUT2D eigenvalue weighted by molar-refractivity contribution is 5.86. The van der Waals surface area contributed by atoms with Crippen molar-refractivity contribution in [3.63, 3.8) is 0 Å². The first-order chi connectivity index (χ1) is 7.91. The molecule has 1 saturated carbocycles. The lowest BCUT2D eigenvalue weighted by atomic mass is 9.69. The number of amides is 1. The second kappa shape index (κ2) is 5.50. The summed E-state index contributed by atoms with van der Waals surface area (Å²) in [6.07, 6.45) is 2.41. The van der Waals surface area contributed by atoms with E-state index in [4.69, 9.17) is 5.26 Å². The van der Waals surface area contributed by atoms with Gasteiger partial charge in [-0.15, -0.1) is 0 Å². The van der Waals surface area contributed by atoms with Gasteiger partial charge in [-0.1, -0.05) is 13.8 Å². The molecule has 0 radical (unpaired) electrons. The molecule has 17 heavy (non-hydrogen) atoms. The van der Waals surface area contributed by atoms with Gasteiger partial charge >= 0.3 is 0 Å². The smallest absolute Gasteiger partial charge is 0.240 e. The van der Waals surface area contributed by atoms with Crippen molar-refractivity contribution in [1.29, 1.82) is 5.26 Å². The Kier molecular flexibility index (Phi) is 4.53. The molecule has 1 unspecified atom stereocenters. The van der Waals surface area contributed by atoms with Crippen molar-refractivity contribution in [2.75, 3.05) is 20.6 Å². The van der Waals surface area contributed by atoms with Crippen molar-refractivity contribution >= 4 is 5.91 Å². The van der Waals surface area contributed by atoms with E-state index in [1.165, 1.54) is 0 Å². The van der Waals surface area contributed by atoms with Crippen LogP contribution in [0, 0.1) is 22.7 Å². The number of rotatable bonds is 5. The Morgan fingerprint density at radius 1 is 1.47 bits per heavy atom. The topological polar surface area (TPSA) is 56.1 Å². The fourth-order valence-electron chi connectivity index (χ4n) is 2.04. The molecule has 4 heteroatoms. The summed E-state index contributed by atoms with van der Waals surface area (Å²) in [6.45, 7) is 4.99. The molecule has 1 fully saturated rings. The number of nitriles is 1. The van der Waals surface area contributed by atoms with Crippen LogP contribution in [-0.2, 0) is 4.79 Å². The highest BCUT2D eigenvalue weighted by Crippen LogP contribution is 2.40.